The number of likely N-dealkylation sites (tertiary alicyclic amines) is 1. The first kappa shape index (κ1) is 26.6. The van der Waals surface area contributed by atoms with Gasteiger partial charge in [0.1, 0.15) is 0 Å². The molecule has 2 aliphatic heterocycles. The molecule has 0 bridgehead atoms. The molecule has 0 aliphatic carbocycles. The van der Waals surface area contributed by atoms with Crippen LogP contribution in [-0.4, -0.2) is 66.9 Å². The molecule has 2 aliphatic rings. The molecular weight excluding hydrogens is 466 g/mol. The molecule has 1 amide bonds. The van der Waals surface area contributed by atoms with E-state index in [9.17, 15) is 4.79 Å². The van der Waals surface area contributed by atoms with E-state index in [2.05, 4.69) is 114 Å². The summed E-state index contributed by atoms with van der Waals surface area (Å²) in [7, 11) is 2.22. The number of aryl methyl sites for hydroxylation is 2. The first-order valence-corrected chi connectivity index (χ1v) is 14.4. The van der Waals surface area contributed by atoms with Gasteiger partial charge in [-0.25, -0.2) is 0 Å². The second kappa shape index (κ2) is 12.3. The van der Waals surface area contributed by atoms with Gasteiger partial charge in [0.15, 0.2) is 0 Å². The summed E-state index contributed by atoms with van der Waals surface area (Å²) in [5, 5.41) is 0. The van der Waals surface area contributed by atoms with Gasteiger partial charge in [0.2, 0.25) is 5.91 Å². The summed E-state index contributed by atoms with van der Waals surface area (Å²) in [4.78, 5) is 20.9. The Morgan fingerprint density at radius 2 is 1.24 bits per heavy atom. The number of nitrogens with zero attached hydrogens (tertiary/aromatic N) is 3. The van der Waals surface area contributed by atoms with Crippen molar-refractivity contribution in [3.05, 3.63) is 107 Å². The highest BCUT2D eigenvalue weighted by Crippen LogP contribution is 2.37. The molecule has 0 spiro atoms. The third-order valence-electron chi connectivity index (χ3n) is 8.75. The number of carbonyl (C=O) groups is 1. The number of carbonyl (C=O) groups excluding carboxylic acids is 1. The third-order valence-corrected chi connectivity index (χ3v) is 8.75. The van der Waals surface area contributed by atoms with Crippen LogP contribution in [-0.2, 0) is 4.79 Å². The van der Waals surface area contributed by atoms with Gasteiger partial charge in [0.25, 0.3) is 0 Å². The molecule has 5 rings (SSSR count). The van der Waals surface area contributed by atoms with E-state index in [1.165, 1.54) is 27.8 Å². The van der Waals surface area contributed by atoms with Crippen LogP contribution in [0.15, 0.2) is 78.9 Å². The van der Waals surface area contributed by atoms with E-state index in [1.807, 2.05) is 0 Å². The quantitative estimate of drug-likeness (QED) is 0.388. The molecule has 3 aromatic carbocycles. The van der Waals surface area contributed by atoms with E-state index >= 15 is 0 Å². The number of amides is 1. The van der Waals surface area contributed by atoms with Crippen molar-refractivity contribution in [3.63, 3.8) is 0 Å². The lowest BCUT2D eigenvalue weighted by atomic mass is 9.83. The predicted molar refractivity (Wildman–Crippen MR) is 156 cm³/mol. The summed E-state index contributed by atoms with van der Waals surface area (Å²) >= 11 is 0. The molecule has 1 atom stereocenters. The van der Waals surface area contributed by atoms with Crippen LogP contribution < -0.4 is 0 Å². The van der Waals surface area contributed by atoms with Crippen molar-refractivity contribution in [3.8, 4) is 0 Å². The Labute approximate surface area is 229 Å². The third kappa shape index (κ3) is 6.36. The Morgan fingerprint density at radius 3 is 1.76 bits per heavy atom. The molecule has 0 saturated carbocycles. The molecule has 3 aromatic rings. The maximum atomic E-state index is 13.7. The summed E-state index contributed by atoms with van der Waals surface area (Å²) in [5.74, 6) is 0.948. The molecule has 1 unspecified atom stereocenters. The zero-order valence-electron chi connectivity index (χ0n) is 23.4. The van der Waals surface area contributed by atoms with Crippen LogP contribution in [0.4, 0.5) is 0 Å². The fraction of sp³-hybridized carbons (Fsp3) is 0.441. The summed E-state index contributed by atoms with van der Waals surface area (Å²) in [5.41, 5.74) is 6.38. The van der Waals surface area contributed by atoms with Crippen LogP contribution in [0.25, 0.3) is 0 Å². The number of hydrogen-bond donors (Lipinski definition) is 0. The predicted octanol–water partition coefficient (Wildman–Crippen LogP) is 6.05. The van der Waals surface area contributed by atoms with Gasteiger partial charge in [0.05, 0.1) is 0 Å². The molecular formula is C34H43N3O. The molecule has 0 aromatic heterocycles. The fourth-order valence-electron chi connectivity index (χ4n) is 6.33. The van der Waals surface area contributed by atoms with Gasteiger partial charge in [-0.05, 0) is 56.3 Å². The topological polar surface area (TPSA) is 26.8 Å². The Kier molecular flexibility index (Phi) is 8.61. The second-order valence-corrected chi connectivity index (χ2v) is 11.5. The SMILES string of the molecule is Cc1ccc(C(CC(=O)N2CCC(C(c3ccccc3)N3CCN(C)CC3)CC2)c2ccc(C)cc2)cc1. The Morgan fingerprint density at radius 1 is 0.711 bits per heavy atom. The maximum Gasteiger partial charge on any atom is 0.223 e. The van der Waals surface area contributed by atoms with Crippen molar-refractivity contribution in [1.29, 1.82) is 0 Å². The maximum absolute atomic E-state index is 13.7. The van der Waals surface area contributed by atoms with Crippen LogP contribution in [0.1, 0.15) is 59.0 Å². The van der Waals surface area contributed by atoms with E-state index in [0.717, 1.165) is 52.1 Å². The standard InChI is InChI=1S/C34H43N3O/c1-26-9-13-28(14-10-26)32(29-15-11-27(2)12-16-29)25-33(38)36-19-17-31(18-20-36)34(30-7-5-4-6-8-30)37-23-21-35(3)22-24-37/h4-16,31-32,34H,17-25H2,1-3H3. The molecule has 2 fully saturated rings. The Bertz CT molecular complexity index is 1110. The highest BCUT2D eigenvalue weighted by Gasteiger charge is 2.34. The minimum absolute atomic E-state index is 0.0869. The summed E-state index contributed by atoms with van der Waals surface area (Å²) in [6.45, 7) is 10.4. The van der Waals surface area contributed by atoms with Gasteiger partial charge in [0, 0.05) is 57.6 Å². The average molecular weight is 510 g/mol. The van der Waals surface area contributed by atoms with Gasteiger partial charge in [-0.2, -0.15) is 0 Å². The van der Waals surface area contributed by atoms with E-state index in [4.69, 9.17) is 0 Å². The van der Waals surface area contributed by atoms with Gasteiger partial charge < -0.3 is 9.80 Å². The van der Waals surface area contributed by atoms with E-state index in [0.29, 0.717) is 18.4 Å². The summed E-state index contributed by atoms with van der Waals surface area (Å²) in [6, 6.07) is 28.9. The normalized spacial score (nSPS) is 18.6. The van der Waals surface area contributed by atoms with Gasteiger partial charge >= 0.3 is 0 Å². The van der Waals surface area contributed by atoms with E-state index in [1.54, 1.807) is 0 Å². The van der Waals surface area contributed by atoms with Crippen LogP contribution in [0, 0.1) is 19.8 Å². The van der Waals surface area contributed by atoms with Crippen molar-refractivity contribution < 1.29 is 4.79 Å². The van der Waals surface area contributed by atoms with Crippen LogP contribution in [0.3, 0.4) is 0 Å². The van der Waals surface area contributed by atoms with Crippen LogP contribution >= 0.6 is 0 Å². The summed E-state index contributed by atoms with van der Waals surface area (Å²) in [6.07, 6.45) is 2.66. The average Bonchev–Trinajstić information content (AvgIpc) is 2.95. The van der Waals surface area contributed by atoms with Crippen molar-refractivity contribution in [2.75, 3.05) is 46.3 Å². The zero-order valence-corrected chi connectivity index (χ0v) is 23.4. The van der Waals surface area contributed by atoms with Crippen molar-refractivity contribution in [1.82, 2.24) is 14.7 Å². The van der Waals surface area contributed by atoms with Crippen molar-refractivity contribution in [2.45, 2.75) is 45.1 Å². The highest BCUT2D eigenvalue weighted by atomic mass is 16.2. The molecule has 0 radical (unpaired) electrons. The molecule has 2 saturated heterocycles. The first-order valence-electron chi connectivity index (χ1n) is 14.4. The largest absolute Gasteiger partial charge is 0.343 e. The van der Waals surface area contributed by atoms with Gasteiger partial charge in [-0.1, -0.05) is 90.0 Å². The molecule has 4 nitrogen and oxygen atoms in total. The minimum Gasteiger partial charge on any atom is -0.343 e. The molecule has 4 heteroatoms. The smallest absolute Gasteiger partial charge is 0.223 e. The molecule has 2 heterocycles. The number of benzene rings is 3. The lowest BCUT2D eigenvalue weighted by Crippen LogP contribution is -2.49. The number of hydrogen-bond acceptors (Lipinski definition) is 3. The number of likely N-dealkylation sites (N-methyl/N-ethyl adjacent to an activating group) is 1. The molecule has 0 N–H and O–H groups in total. The Balaban J connectivity index is 1.28. The van der Waals surface area contributed by atoms with Crippen molar-refractivity contribution in [2.24, 2.45) is 5.92 Å². The van der Waals surface area contributed by atoms with E-state index < -0.39 is 0 Å². The fourth-order valence-corrected chi connectivity index (χ4v) is 6.33. The van der Waals surface area contributed by atoms with E-state index in [-0.39, 0.29) is 11.8 Å². The number of rotatable bonds is 7. The molecule has 38 heavy (non-hydrogen) atoms. The number of piperazine rings is 1. The first-order chi connectivity index (χ1) is 18.5. The highest BCUT2D eigenvalue weighted by molar-refractivity contribution is 5.78. The lowest BCUT2D eigenvalue weighted by molar-refractivity contribution is -0.133. The minimum atomic E-state index is 0.0869. The van der Waals surface area contributed by atoms with Crippen molar-refractivity contribution >= 4 is 5.91 Å². The molecule has 200 valence electrons. The Hall–Kier alpha value is -2.95. The monoisotopic (exact) mass is 509 g/mol. The number of piperidine rings is 1. The van der Waals surface area contributed by atoms with Gasteiger partial charge in [-0.15, -0.1) is 0 Å². The van der Waals surface area contributed by atoms with Crippen LogP contribution in [0.2, 0.25) is 0 Å². The lowest BCUT2D eigenvalue weighted by Gasteiger charge is -2.44. The second-order valence-electron chi connectivity index (χ2n) is 11.5. The van der Waals surface area contributed by atoms with Gasteiger partial charge in [-0.3, -0.25) is 9.69 Å². The summed E-state index contributed by atoms with van der Waals surface area (Å²) < 4.78 is 0. The zero-order chi connectivity index (χ0) is 26.5. The van der Waals surface area contributed by atoms with Crippen LogP contribution in [0.5, 0.6) is 0 Å².